The maximum atomic E-state index is 11.3. The first-order chi connectivity index (χ1) is 8.49. The van der Waals surface area contributed by atoms with E-state index < -0.39 is 16.2 Å². The van der Waals surface area contributed by atoms with Gasteiger partial charge in [0.2, 0.25) is 5.82 Å². The molecule has 18 heavy (non-hydrogen) atoms. The van der Waals surface area contributed by atoms with E-state index in [1.54, 1.807) is 0 Å². The van der Waals surface area contributed by atoms with E-state index in [1.807, 2.05) is 13.8 Å². The minimum absolute atomic E-state index is 0.113. The van der Waals surface area contributed by atoms with E-state index in [1.165, 1.54) is 11.3 Å². The van der Waals surface area contributed by atoms with Crippen LogP contribution in [0.1, 0.15) is 10.6 Å². The minimum atomic E-state index is -0.803. The molecule has 0 amide bonds. The third-order valence-corrected chi connectivity index (χ3v) is 3.25. The normalized spacial score (nSPS) is 10.3. The molecule has 0 fully saturated rings. The lowest BCUT2D eigenvalue weighted by Crippen LogP contribution is -2.14. The molecule has 0 atom stereocenters. The van der Waals surface area contributed by atoms with Gasteiger partial charge in [-0.05, 0) is 13.8 Å². The Morgan fingerprint density at radius 1 is 1.50 bits per heavy atom. The Morgan fingerprint density at radius 2 is 2.22 bits per heavy atom. The Kier molecular flexibility index (Phi) is 3.06. The van der Waals surface area contributed by atoms with Crippen LogP contribution in [0.4, 0.5) is 16.6 Å². The Morgan fingerprint density at radius 3 is 2.78 bits per heavy atom. The first kappa shape index (κ1) is 12.2. The molecule has 2 rings (SSSR count). The van der Waals surface area contributed by atoms with Gasteiger partial charge in [-0.25, -0.2) is 9.97 Å². The fourth-order valence-electron chi connectivity index (χ4n) is 1.28. The molecule has 0 unspecified atom stereocenters. The zero-order valence-electron chi connectivity index (χ0n) is 9.55. The molecule has 0 bridgehead atoms. The number of hydrogen-bond acceptors (Lipinski definition) is 7. The van der Waals surface area contributed by atoms with Crippen molar-refractivity contribution >= 4 is 28.0 Å². The topological polar surface area (TPSA) is 114 Å². The fraction of sp³-hybridized carbons (Fsp3) is 0.222. The van der Waals surface area contributed by atoms with Crippen LogP contribution in [-0.2, 0) is 0 Å². The first-order valence-corrected chi connectivity index (χ1v) is 5.74. The standard InChI is InChI=1S/C9H9N5O3S/c1-4-5(2)18-9(12-4)13-7-6(14(16)17)8(15)11-3-10-7/h3H,1-2H3,(H2,10,11,12,13,15). The summed E-state index contributed by atoms with van der Waals surface area (Å²) in [6.45, 7) is 3.72. The lowest BCUT2D eigenvalue weighted by molar-refractivity contribution is -0.385. The highest BCUT2D eigenvalue weighted by Crippen LogP contribution is 2.26. The number of nitrogens with one attached hydrogen (secondary N) is 2. The van der Waals surface area contributed by atoms with Crippen LogP contribution in [0.3, 0.4) is 0 Å². The largest absolute Gasteiger partial charge is 0.376 e. The summed E-state index contributed by atoms with van der Waals surface area (Å²) in [5.74, 6) is -0.113. The van der Waals surface area contributed by atoms with Gasteiger partial charge in [0, 0.05) is 4.88 Å². The van der Waals surface area contributed by atoms with Crippen LogP contribution >= 0.6 is 11.3 Å². The van der Waals surface area contributed by atoms with Crippen molar-refractivity contribution in [3.05, 3.63) is 37.4 Å². The van der Waals surface area contributed by atoms with Gasteiger partial charge in [0.25, 0.3) is 0 Å². The minimum Gasteiger partial charge on any atom is -0.310 e. The zero-order chi connectivity index (χ0) is 13.3. The number of nitro groups is 1. The summed E-state index contributed by atoms with van der Waals surface area (Å²) in [7, 11) is 0. The number of H-pyrrole nitrogens is 1. The molecule has 2 aromatic heterocycles. The van der Waals surface area contributed by atoms with Crippen molar-refractivity contribution in [2.45, 2.75) is 13.8 Å². The Labute approximate surface area is 105 Å². The van der Waals surface area contributed by atoms with Gasteiger partial charge in [-0.1, -0.05) is 0 Å². The summed E-state index contributed by atoms with van der Waals surface area (Å²) in [5.41, 5.74) is -0.597. The van der Waals surface area contributed by atoms with Crippen LogP contribution in [-0.4, -0.2) is 19.9 Å². The van der Waals surface area contributed by atoms with Crippen LogP contribution in [0.25, 0.3) is 0 Å². The van der Waals surface area contributed by atoms with Crippen LogP contribution in [0.5, 0.6) is 0 Å². The fourth-order valence-corrected chi connectivity index (χ4v) is 2.09. The van der Waals surface area contributed by atoms with Gasteiger partial charge < -0.3 is 10.3 Å². The van der Waals surface area contributed by atoms with Crippen molar-refractivity contribution in [2.75, 3.05) is 5.32 Å². The van der Waals surface area contributed by atoms with Crippen molar-refractivity contribution in [1.29, 1.82) is 0 Å². The Bertz CT molecular complexity index is 643. The van der Waals surface area contributed by atoms with Gasteiger partial charge in [0.1, 0.15) is 0 Å². The summed E-state index contributed by atoms with van der Waals surface area (Å²) in [6.07, 6.45) is 1.10. The summed E-state index contributed by atoms with van der Waals surface area (Å²) in [6, 6.07) is 0. The van der Waals surface area contributed by atoms with E-state index in [2.05, 4.69) is 20.3 Å². The summed E-state index contributed by atoms with van der Waals surface area (Å²) >= 11 is 1.34. The maximum Gasteiger partial charge on any atom is 0.376 e. The summed E-state index contributed by atoms with van der Waals surface area (Å²) in [4.78, 5) is 32.4. The lowest BCUT2D eigenvalue weighted by atomic mass is 10.4. The number of aryl methyl sites for hydroxylation is 2. The highest BCUT2D eigenvalue weighted by Gasteiger charge is 2.21. The van der Waals surface area contributed by atoms with E-state index in [0.29, 0.717) is 5.13 Å². The third kappa shape index (κ3) is 2.20. The number of rotatable bonds is 3. The molecule has 0 aliphatic heterocycles. The maximum absolute atomic E-state index is 11.3. The van der Waals surface area contributed by atoms with Crippen molar-refractivity contribution < 1.29 is 4.92 Å². The van der Waals surface area contributed by atoms with E-state index in [4.69, 9.17) is 0 Å². The molecule has 9 heteroatoms. The molecule has 0 saturated carbocycles. The molecule has 2 N–H and O–H groups in total. The van der Waals surface area contributed by atoms with Crippen molar-refractivity contribution in [1.82, 2.24) is 15.0 Å². The van der Waals surface area contributed by atoms with Crippen molar-refractivity contribution in [3.8, 4) is 0 Å². The molecular formula is C9H9N5O3S. The van der Waals surface area contributed by atoms with Crippen molar-refractivity contribution in [3.63, 3.8) is 0 Å². The van der Waals surface area contributed by atoms with Crippen LogP contribution in [0.15, 0.2) is 11.1 Å². The van der Waals surface area contributed by atoms with Gasteiger partial charge in [0.15, 0.2) is 5.13 Å². The first-order valence-electron chi connectivity index (χ1n) is 4.92. The highest BCUT2D eigenvalue weighted by molar-refractivity contribution is 7.15. The highest BCUT2D eigenvalue weighted by atomic mass is 32.1. The van der Waals surface area contributed by atoms with E-state index in [-0.39, 0.29) is 5.82 Å². The molecule has 0 aromatic carbocycles. The molecule has 0 aliphatic rings. The summed E-state index contributed by atoms with van der Waals surface area (Å²) in [5, 5.41) is 13.9. The predicted molar refractivity (Wildman–Crippen MR) is 66.4 cm³/mol. The van der Waals surface area contributed by atoms with Gasteiger partial charge in [-0.2, -0.15) is 0 Å². The molecule has 2 aromatic rings. The molecule has 2 heterocycles. The van der Waals surface area contributed by atoms with E-state index in [9.17, 15) is 14.9 Å². The second-order valence-electron chi connectivity index (χ2n) is 3.47. The van der Waals surface area contributed by atoms with Gasteiger partial charge in [-0.15, -0.1) is 11.3 Å². The average Bonchev–Trinajstić information content (AvgIpc) is 2.57. The van der Waals surface area contributed by atoms with Crippen LogP contribution in [0.2, 0.25) is 0 Å². The second kappa shape index (κ2) is 4.53. The van der Waals surface area contributed by atoms with Crippen LogP contribution < -0.4 is 10.9 Å². The molecule has 0 saturated heterocycles. The van der Waals surface area contributed by atoms with Gasteiger partial charge in [-0.3, -0.25) is 14.9 Å². The molecule has 0 spiro atoms. The lowest BCUT2D eigenvalue weighted by Gasteiger charge is -2.00. The number of thiazole rings is 1. The number of aromatic amines is 1. The van der Waals surface area contributed by atoms with Crippen LogP contribution in [0, 0.1) is 24.0 Å². The average molecular weight is 267 g/mol. The van der Waals surface area contributed by atoms with Gasteiger partial charge in [0.05, 0.1) is 16.9 Å². The monoisotopic (exact) mass is 267 g/mol. The van der Waals surface area contributed by atoms with E-state index in [0.717, 1.165) is 16.9 Å². The predicted octanol–water partition coefficient (Wildman–Crippen LogP) is 1.50. The smallest absolute Gasteiger partial charge is 0.310 e. The third-order valence-electron chi connectivity index (χ3n) is 2.27. The molecule has 0 radical (unpaired) electrons. The molecule has 8 nitrogen and oxygen atoms in total. The molecular weight excluding hydrogens is 258 g/mol. The second-order valence-corrected chi connectivity index (χ2v) is 4.67. The van der Waals surface area contributed by atoms with Gasteiger partial charge >= 0.3 is 11.2 Å². The number of hydrogen-bond donors (Lipinski definition) is 2. The SMILES string of the molecule is Cc1nc(Nc2nc[nH]c(=O)c2[N+](=O)[O-])sc1C. The molecule has 0 aliphatic carbocycles. The number of aromatic nitrogens is 3. The van der Waals surface area contributed by atoms with Crippen molar-refractivity contribution in [2.24, 2.45) is 0 Å². The quantitative estimate of drug-likeness (QED) is 0.643. The Balaban J connectivity index is 2.43. The Hall–Kier alpha value is -2.29. The number of anilines is 2. The molecule has 94 valence electrons. The zero-order valence-corrected chi connectivity index (χ0v) is 10.4. The number of nitrogens with zero attached hydrogens (tertiary/aromatic N) is 3. The summed E-state index contributed by atoms with van der Waals surface area (Å²) < 4.78 is 0. The van der Waals surface area contributed by atoms with E-state index >= 15 is 0 Å².